The van der Waals surface area contributed by atoms with Crippen LogP contribution in [0.3, 0.4) is 0 Å². The predicted molar refractivity (Wildman–Crippen MR) is 97.6 cm³/mol. The Hall–Kier alpha value is -2.30. The Morgan fingerprint density at radius 2 is 2.00 bits per heavy atom. The molecule has 1 aliphatic rings. The van der Waals surface area contributed by atoms with E-state index in [1.165, 1.54) is 23.5 Å². The van der Waals surface area contributed by atoms with E-state index in [-0.39, 0.29) is 6.61 Å². The molecule has 1 saturated heterocycles. The van der Waals surface area contributed by atoms with Crippen molar-refractivity contribution in [1.82, 2.24) is 13.9 Å². The minimum atomic E-state index is -0.630. The Balaban J connectivity index is 1.96. The molecule has 2 amide bonds. The molecule has 0 saturated carbocycles. The molecule has 0 radical (unpaired) electrons. The van der Waals surface area contributed by atoms with Crippen molar-refractivity contribution < 1.29 is 23.9 Å². The number of ether oxygens (including phenoxy) is 2. The molecule has 2 rings (SSSR count). The zero-order chi connectivity index (χ0) is 18.8. The van der Waals surface area contributed by atoms with Gasteiger partial charge in [0, 0.05) is 44.9 Å². The van der Waals surface area contributed by atoms with Crippen molar-refractivity contribution in [2.45, 2.75) is 0 Å². The Kier molecular flexibility index (Phi) is 8.19. The van der Waals surface area contributed by atoms with Gasteiger partial charge in [0.2, 0.25) is 0 Å². The first kappa shape index (κ1) is 20.0. The molecule has 9 nitrogen and oxygen atoms in total. The van der Waals surface area contributed by atoms with E-state index in [4.69, 9.17) is 14.3 Å². The number of carbonyl (C=O) groups is 2. The maximum atomic E-state index is 12.1. The molecule has 1 fully saturated rings. The Labute approximate surface area is 156 Å². The molecule has 0 spiro atoms. The predicted octanol–water partition coefficient (Wildman–Crippen LogP) is 1.71. The van der Waals surface area contributed by atoms with Gasteiger partial charge in [0.05, 0.1) is 13.2 Å². The number of amides is 2. The van der Waals surface area contributed by atoms with E-state index in [2.05, 4.69) is 10.5 Å². The van der Waals surface area contributed by atoms with Crippen LogP contribution in [0.25, 0.3) is 0 Å². The summed E-state index contributed by atoms with van der Waals surface area (Å²) in [5.41, 5.74) is 1.01. The number of hydrogen-bond acceptors (Lipinski definition) is 8. The highest BCUT2D eigenvalue weighted by Crippen LogP contribution is 2.17. The monoisotopic (exact) mass is 382 g/mol. The molecule has 0 aromatic heterocycles. The Morgan fingerprint density at radius 3 is 2.65 bits per heavy atom. The van der Waals surface area contributed by atoms with E-state index in [0.717, 1.165) is 13.1 Å². The molecule has 1 aromatic rings. The number of oxime groups is 1. The first-order chi connectivity index (χ1) is 12.6. The number of carbonyl (C=O) groups excluding carboxylic acids is 2. The second-order valence-electron chi connectivity index (χ2n) is 5.21. The highest BCUT2D eigenvalue weighted by Gasteiger charge is 2.19. The van der Waals surface area contributed by atoms with Gasteiger partial charge in [-0.25, -0.2) is 18.2 Å². The van der Waals surface area contributed by atoms with Gasteiger partial charge >= 0.3 is 12.2 Å². The van der Waals surface area contributed by atoms with E-state index < -0.39 is 12.2 Å². The lowest BCUT2D eigenvalue weighted by molar-refractivity contribution is 0.0753. The van der Waals surface area contributed by atoms with E-state index in [1.807, 2.05) is 22.5 Å². The van der Waals surface area contributed by atoms with Crippen LogP contribution in [0.5, 0.6) is 0 Å². The van der Waals surface area contributed by atoms with Crippen molar-refractivity contribution in [1.29, 1.82) is 0 Å². The van der Waals surface area contributed by atoms with Gasteiger partial charge in [0.1, 0.15) is 12.3 Å². The normalized spacial score (nSPS) is 15.2. The third kappa shape index (κ3) is 6.54. The third-order valence-electron chi connectivity index (χ3n) is 3.35. The second kappa shape index (κ2) is 10.6. The minimum absolute atomic E-state index is 0.128. The number of morpholine rings is 1. The van der Waals surface area contributed by atoms with Gasteiger partial charge in [-0.2, -0.15) is 0 Å². The minimum Gasteiger partial charge on any atom is -0.443 e. The van der Waals surface area contributed by atoms with Crippen molar-refractivity contribution in [2.75, 3.05) is 47.0 Å². The van der Waals surface area contributed by atoms with Gasteiger partial charge in [-0.1, -0.05) is 35.5 Å². The van der Waals surface area contributed by atoms with Gasteiger partial charge in [-0.3, -0.25) is 4.84 Å². The first-order valence-electron chi connectivity index (χ1n) is 8.02. The average Bonchev–Trinajstić information content (AvgIpc) is 2.68. The standard InChI is InChI=1S/C16H22N4O5S/c1-17-15(21)24-12-14(13-6-4-3-5-7-13)18-25-16(22)19(2)26-20-8-10-23-11-9-20/h3-7H,8-12H2,1-2H3,(H,17,21). The van der Waals surface area contributed by atoms with Crippen LogP contribution in [0.4, 0.5) is 9.59 Å². The molecule has 0 unspecified atom stereocenters. The van der Waals surface area contributed by atoms with Crippen LogP contribution in [0, 0.1) is 0 Å². The number of rotatable bonds is 6. The number of nitrogens with zero attached hydrogens (tertiary/aromatic N) is 3. The molecule has 1 aromatic carbocycles. The average molecular weight is 382 g/mol. The van der Waals surface area contributed by atoms with Crippen LogP contribution in [0.2, 0.25) is 0 Å². The summed E-state index contributed by atoms with van der Waals surface area (Å²) in [6.07, 6.45) is -1.23. The van der Waals surface area contributed by atoms with Crippen LogP contribution in [-0.4, -0.2) is 73.5 Å². The smallest absolute Gasteiger partial charge is 0.443 e. The maximum Gasteiger partial charge on any atom is 0.446 e. The van der Waals surface area contributed by atoms with Crippen molar-refractivity contribution >= 4 is 30.0 Å². The van der Waals surface area contributed by atoms with E-state index in [9.17, 15) is 9.59 Å². The third-order valence-corrected chi connectivity index (χ3v) is 4.34. The van der Waals surface area contributed by atoms with E-state index in [1.54, 1.807) is 19.2 Å². The lowest BCUT2D eigenvalue weighted by Gasteiger charge is -2.27. The molecule has 0 bridgehead atoms. The molecule has 142 valence electrons. The van der Waals surface area contributed by atoms with Crippen LogP contribution < -0.4 is 5.32 Å². The Bertz CT molecular complexity index is 622. The first-order valence-corrected chi connectivity index (χ1v) is 8.75. The van der Waals surface area contributed by atoms with Gasteiger partial charge in [0.15, 0.2) is 0 Å². The molecule has 0 atom stereocenters. The molecule has 0 aliphatic carbocycles. The highest BCUT2D eigenvalue weighted by atomic mass is 32.2. The molecule has 1 heterocycles. The van der Waals surface area contributed by atoms with Crippen molar-refractivity contribution in [3.05, 3.63) is 35.9 Å². The van der Waals surface area contributed by atoms with Gasteiger partial charge in [0.25, 0.3) is 0 Å². The van der Waals surface area contributed by atoms with Crippen LogP contribution in [0.1, 0.15) is 5.56 Å². The number of nitrogens with one attached hydrogen (secondary N) is 1. The summed E-state index contributed by atoms with van der Waals surface area (Å²) in [6, 6.07) is 9.04. The summed E-state index contributed by atoms with van der Waals surface area (Å²) in [5, 5.41) is 6.23. The van der Waals surface area contributed by atoms with Crippen LogP contribution in [0.15, 0.2) is 35.5 Å². The van der Waals surface area contributed by atoms with Gasteiger partial charge < -0.3 is 14.8 Å². The van der Waals surface area contributed by atoms with Crippen LogP contribution in [-0.2, 0) is 14.3 Å². The summed E-state index contributed by atoms with van der Waals surface area (Å²) in [5.74, 6) is 0. The van der Waals surface area contributed by atoms with E-state index >= 15 is 0 Å². The lowest BCUT2D eigenvalue weighted by Crippen LogP contribution is -2.35. The number of hydrogen-bond donors (Lipinski definition) is 1. The molecule has 26 heavy (non-hydrogen) atoms. The molecule has 1 aliphatic heterocycles. The van der Waals surface area contributed by atoms with Gasteiger partial charge in [-0.15, -0.1) is 0 Å². The number of alkyl carbamates (subject to hydrolysis) is 1. The lowest BCUT2D eigenvalue weighted by atomic mass is 10.1. The highest BCUT2D eigenvalue weighted by molar-refractivity contribution is 7.95. The topological polar surface area (TPSA) is 92.7 Å². The molecule has 10 heteroatoms. The second-order valence-corrected chi connectivity index (χ2v) is 6.44. The molecular formula is C16H22N4O5S. The summed E-state index contributed by atoms with van der Waals surface area (Å²) < 4.78 is 13.6. The van der Waals surface area contributed by atoms with Crippen LogP contribution >= 0.6 is 12.1 Å². The van der Waals surface area contributed by atoms with Crippen molar-refractivity contribution in [3.63, 3.8) is 0 Å². The SMILES string of the molecule is CNC(=O)OCC(=NOC(=O)N(C)SN1CCOCC1)c1ccccc1. The maximum absolute atomic E-state index is 12.1. The fourth-order valence-corrected chi connectivity index (χ4v) is 2.74. The summed E-state index contributed by atoms with van der Waals surface area (Å²) >= 11 is 1.25. The summed E-state index contributed by atoms with van der Waals surface area (Å²) in [6.45, 7) is 2.57. The number of benzene rings is 1. The fraction of sp³-hybridized carbons (Fsp3) is 0.438. The zero-order valence-electron chi connectivity index (χ0n) is 14.7. The van der Waals surface area contributed by atoms with E-state index in [0.29, 0.717) is 24.5 Å². The summed E-state index contributed by atoms with van der Waals surface area (Å²) in [7, 11) is 3.06. The molecule has 1 N–H and O–H groups in total. The van der Waals surface area contributed by atoms with Crippen molar-refractivity contribution in [2.24, 2.45) is 5.16 Å². The Morgan fingerprint density at radius 1 is 1.31 bits per heavy atom. The van der Waals surface area contributed by atoms with Crippen molar-refractivity contribution in [3.8, 4) is 0 Å². The summed E-state index contributed by atoms with van der Waals surface area (Å²) in [4.78, 5) is 28.4. The largest absolute Gasteiger partial charge is 0.446 e. The van der Waals surface area contributed by atoms with Gasteiger partial charge in [-0.05, 0) is 0 Å². The zero-order valence-corrected chi connectivity index (χ0v) is 15.5. The molecular weight excluding hydrogens is 360 g/mol. The quantitative estimate of drug-likeness (QED) is 0.346. The fourth-order valence-electron chi connectivity index (χ4n) is 1.99.